The molecule has 88 valence electrons. The van der Waals surface area contributed by atoms with Crippen molar-refractivity contribution < 1.29 is 0 Å². The van der Waals surface area contributed by atoms with Gasteiger partial charge in [0, 0.05) is 24.2 Å². The number of aromatic nitrogens is 2. The Balaban J connectivity index is 2.08. The molecular weight excluding hydrogens is 208 g/mol. The molecule has 2 heterocycles. The summed E-state index contributed by atoms with van der Waals surface area (Å²) >= 11 is 0. The maximum Gasteiger partial charge on any atom is 0.109 e. The lowest BCUT2D eigenvalue weighted by Crippen LogP contribution is -2.18. The highest BCUT2D eigenvalue weighted by Gasteiger charge is 2.20. The van der Waals surface area contributed by atoms with Crippen LogP contribution in [0.2, 0.25) is 0 Å². The van der Waals surface area contributed by atoms with Crippen LogP contribution in [-0.2, 0) is 13.0 Å². The van der Waals surface area contributed by atoms with Crippen molar-refractivity contribution in [3.05, 3.63) is 41.9 Å². The van der Waals surface area contributed by atoms with E-state index in [0.717, 1.165) is 24.6 Å². The van der Waals surface area contributed by atoms with E-state index in [2.05, 4.69) is 48.7 Å². The molecule has 3 rings (SSSR count). The van der Waals surface area contributed by atoms with Gasteiger partial charge < -0.3 is 4.57 Å². The maximum absolute atomic E-state index is 4.82. The molecular formula is C15H18N2. The van der Waals surface area contributed by atoms with Gasteiger partial charge in [0.15, 0.2) is 0 Å². The summed E-state index contributed by atoms with van der Waals surface area (Å²) in [6.45, 7) is 5.64. The predicted molar refractivity (Wildman–Crippen MR) is 69.9 cm³/mol. The molecule has 0 saturated heterocycles. The molecule has 0 N–H and O–H groups in total. The van der Waals surface area contributed by atoms with Crippen molar-refractivity contribution in [1.82, 2.24) is 9.55 Å². The molecule has 1 aliphatic rings. The average molecular weight is 226 g/mol. The normalized spacial score (nSPS) is 19.1. The van der Waals surface area contributed by atoms with E-state index >= 15 is 0 Å². The minimum Gasteiger partial charge on any atom is -0.331 e. The lowest BCUT2D eigenvalue weighted by molar-refractivity contribution is 0.389. The van der Waals surface area contributed by atoms with Crippen LogP contribution in [0.4, 0.5) is 0 Å². The van der Waals surface area contributed by atoms with Crippen LogP contribution in [0.3, 0.4) is 0 Å². The Bertz CT molecular complexity index is 525. The average Bonchev–Trinajstić information content (AvgIpc) is 2.68. The minimum absolute atomic E-state index is 0.777. The molecule has 1 atom stereocenters. The molecule has 0 spiro atoms. The highest BCUT2D eigenvalue weighted by Crippen LogP contribution is 2.28. The van der Waals surface area contributed by atoms with Crippen molar-refractivity contribution >= 4 is 0 Å². The first-order valence-corrected chi connectivity index (χ1v) is 6.37. The fraction of sp³-hybridized carbons (Fsp3) is 0.400. The molecule has 2 aromatic rings. The lowest BCUT2D eigenvalue weighted by atomic mass is 10.0. The first kappa shape index (κ1) is 10.6. The fourth-order valence-electron chi connectivity index (χ4n) is 2.67. The molecule has 0 saturated carbocycles. The van der Waals surface area contributed by atoms with E-state index in [1.54, 1.807) is 0 Å². The van der Waals surface area contributed by atoms with E-state index in [9.17, 15) is 0 Å². The van der Waals surface area contributed by atoms with Crippen LogP contribution in [0, 0.1) is 12.8 Å². The summed E-state index contributed by atoms with van der Waals surface area (Å²) < 4.78 is 2.40. The topological polar surface area (TPSA) is 17.8 Å². The van der Waals surface area contributed by atoms with Gasteiger partial charge in [-0.3, -0.25) is 0 Å². The van der Waals surface area contributed by atoms with Crippen LogP contribution in [-0.4, -0.2) is 9.55 Å². The Kier molecular flexibility index (Phi) is 2.50. The van der Waals surface area contributed by atoms with Crippen LogP contribution in [0.1, 0.15) is 24.9 Å². The predicted octanol–water partition coefficient (Wildman–Crippen LogP) is 3.44. The highest BCUT2D eigenvalue weighted by atomic mass is 15.1. The molecule has 2 nitrogen and oxygen atoms in total. The Labute approximate surface area is 102 Å². The van der Waals surface area contributed by atoms with Gasteiger partial charge in [-0.1, -0.05) is 37.3 Å². The summed E-state index contributed by atoms with van der Waals surface area (Å²) in [6.07, 6.45) is 2.39. The zero-order valence-electron chi connectivity index (χ0n) is 10.5. The third-order valence-electron chi connectivity index (χ3n) is 3.70. The fourth-order valence-corrected chi connectivity index (χ4v) is 2.67. The van der Waals surface area contributed by atoms with Gasteiger partial charge in [0.05, 0.1) is 5.69 Å². The molecule has 0 fully saturated rings. The molecule has 1 aromatic carbocycles. The Morgan fingerprint density at radius 2 is 2.00 bits per heavy atom. The third-order valence-corrected chi connectivity index (χ3v) is 3.70. The van der Waals surface area contributed by atoms with Crippen molar-refractivity contribution in [2.45, 2.75) is 33.2 Å². The van der Waals surface area contributed by atoms with Crippen LogP contribution in [0.25, 0.3) is 11.3 Å². The molecule has 0 radical (unpaired) electrons. The number of hydrogen-bond acceptors (Lipinski definition) is 1. The summed E-state index contributed by atoms with van der Waals surface area (Å²) in [6, 6.07) is 10.5. The molecule has 0 aliphatic carbocycles. The smallest absolute Gasteiger partial charge is 0.109 e. The summed E-state index contributed by atoms with van der Waals surface area (Å²) in [5.41, 5.74) is 3.71. The van der Waals surface area contributed by atoms with Crippen molar-refractivity contribution in [2.75, 3.05) is 0 Å². The van der Waals surface area contributed by atoms with Crippen LogP contribution in [0.15, 0.2) is 30.3 Å². The van der Waals surface area contributed by atoms with Gasteiger partial charge in [0.25, 0.3) is 0 Å². The van der Waals surface area contributed by atoms with Crippen LogP contribution < -0.4 is 0 Å². The van der Waals surface area contributed by atoms with Crippen molar-refractivity contribution in [3.63, 3.8) is 0 Å². The monoisotopic (exact) mass is 226 g/mol. The Morgan fingerprint density at radius 3 is 2.76 bits per heavy atom. The summed E-state index contributed by atoms with van der Waals surface area (Å²) in [7, 11) is 0. The Morgan fingerprint density at radius 1 is 1.24 bits per heavy atom. The number of imidazole rings is 1. The molecule has 17 heavy (non-hydrogen) atoms. The van der Waals surface area contributed by atoms with E-state index in [-0.39, 0.29) is 0 Å². The van der Waals surface area contributed by atoms with Gasteiger partial charge in [0.1, 0.15) is 5.82 Å². The molecule has 0 amide bonds. The second-order valence-electron chi connectivity index (χ2n) is 5.08. The van der Waals surface area contributed by atoms with E-state index < -0.39 is 0 Å². The standard InChI is InChI=1S/C15H18N2/c1-11-8-9-14-16-15(12(2)17(14)10-11)13-6-4-3-5-7-13/h3-7,11H,8-10H2,1-2H3. The minimum atomic E-state index is 0.777. The zero-order chi connectivity index (χ0) is 11.8. The summed E-state index contributed by atoms with van der Waals surface area (Å²) in [5, 5.41) is 0. The molecule has 1 aliphatic heterocycles. The second-order valence-corrected chi connectivity index (χ2v) is 5.08. The largest absolute Gasteiger partial charge is 0.331 e. The van der Waals surface area contributed by atoms with Crippen molar-refractivity contribution in [1.29, 1.82) is 0 Å². The number of hydrogen-bond donors (Lipinski definition) is 0. The Hall–Kier alpha value is -1.57. The van der Waals surface area contributed by atoms with E-state index in [1.165, 1.54) is 23.5 Å². The van der Waals surface area contributed by atoms with Gasteiger partial charge in [-0.2, -0.15) is 0 Å². The zero-order valence-corrected chi connectivity index (χ0v) is 10.5. The lowest BCUT2D eigenvalue weighted by Gasteiger charge is -2.21. The van der Waals surface area contributed by atoms with E-state index in [1.807, 2.05) is 0 Å². The quantitative estimate of drug-likeness (QED) is 0.728. The molecule has 2 heteroatoms. The first-order valence-electron chi connectivity index (χ1n) is 6.37. The van der Waals surface area contributed by atoms with Crippen molar-refractivity contribution in [3.8, 4) is 11.3 Å². The van der Waals surface area contributed by atoms with Crippen LogP contribution in [0.5, 0.6) is 0 Å². The van der Waals surface area contributed by atoms with Crippen LogP contribution >= 0.6 is 0 Å². The number of aryl methyl sites for hydroxylation is 1. The van der Waals surface area contributed by atoms with Crippen molar-refractivity contribution in [2.24, 2.45) is 5.92 Å². The second kappa shape index (κ2) is 4.02. The van der Waals surface area contributed by atoms with E-state index in [4.69, 9.17) is 4.98 Å². The van der Waals surface area contributed by atoms with Gasteiger partial charge in [-0.05, 0) is 19.3 Å². The first-order chi connectivity index (χ1) is 8.25. The highest BCUT2D eigenvalue weighted by molar-refractivity contribution is 5.62. The maximum atomic E-state index is 4.82. The van der Waals surface area contributed by atoms with Gasteiger partial charge in [-0.15, -0.1) is 0 Å². The third kappa shape index (κ3) is 1.78. The molecule has 1 unspecified atom stereocenters. The number of rotatable bonds is 1. The SMILES string of the molecule is Cc1c(-c2ccccc2)nc2n1CC(C)CC2. The molecule has 1 aromatic heterocycles. The molecule has 0 bridgehead atoms. The van der Waals surface area contributed by atoms with E-state index in [0.29, 0.717) is 0 Å². The number of nitrogens with zero attached hydrogens (tertiary/aromatic N) is 2. The summed E-state index contributed by atoms with van der Waals surface area (Å²) in [5.74, 6) is 2.04. The van der Waals surface area contributed by atoms with Gasteiger partial charge in [0.2, 0.25) is 0 Å². The number of fused-ring (bicyclic) bond motifs is 1. The van der Waals surface area contributed by atoms with Gasteiger partial charge >= 0.3 is 0 Å². The summed E-state index contributed by atoms with van der Waals surface area (Å²) in [4.78, 5) is 4.82. The number of benzene rings is 1. The van der Waals surface area contributed by atoms with Gasteiger partial charge in [-0.25, -0.2) is 4.98 Å².